The van der Waals surface area contributed by atoms with Gasteiger partial charge < -0.3 is 10.2 Å². The number of amides is 1. The van der Waals surface area contributed by atoms with E-state index in [1.807, 2.05) is 0 Å². The molecule has 1 amide bonds. The first-order chi connectivity index (χ1) is 7.81. The van der Waals surface area contributed by atoms with Crippen LogP contribution in [0, 0.1) is 5.92 Å². The first-order valence-corrected chi connectivity index (χ1v) is 6.83. The van der Waals surface area contributed by atoms with Crippen LogP contribution in [-0.4, -0.2) is 36.5 Å². The molecular formula is C13H24N2O. The Morgan fingerprint density at radius 3 is 2.81 bits per heavy atom. The highest BCUT2D eigenvalue weighted by molar-refractivity contribution is 5.83. The van der Waals surface area contributed by atoms with Gasteiger partial charge in [-0.25, -0.2) is 0 Å². The van der Waals surface area contributed by atoms with E-state index in [1.165, 1.54) is 25.7 Å². The van der Waals surface area contributed by atoms with E-state index in [9.17, 15) is 4.79 Å². The van der Waals surface area contributed by atoms with E-state index in [4.69, 9.17) is 0 Å². The van der Waals surface area contributed by atoms with Gasteiger partial charge in [0.2, 0.25) is 5.91 Å². The summed E-state index contributed by atoms with van der Waals surface area (Å²) in [5.74, 6) is 1.25. The van der Waals surface area contributed by atoms with Crippen molar-refractivity contribution in [2.24, 2.45) is 5.92 Å². The Bertz CT molecular complexity index is 238. The van der Waals surface area contributed by atoms with Crippen LogP contribution >= 0.6 is 0 Å². The number of hydrogen-bond acceptors (Lipinski definition) is 2. The summed E-state index contributed by atoms with van der Waals surface area (Å²) in [6, 6.07) is 0.112. The van der Waals surface area contributed by atoms with Crippen molar-refractivity contribution in [3.8, 4) is 0 Å². The second kappa shape index (κ2) is 5.67. The molecule has 16 heavy (non-hydrogen) atoms. The minimum atomic E-state index is 0.112. The first kappa shape index (κ1) is 11.9. The molecule has 0 aromatic carbocycles. The van der Waals surface area contributed by atoms with Crippen molar-refractivity contribution in [3.05, 3.63) is 0 Å². The molecule has 0 aromatic rings. The van der Waals surface area contributed by atoms with Gasteiger partial charge in [0.05, 0.1) is 6.04 Å². The van der Waals surface area contributed by atoms with E-state index >= 15 is 0 Å². The first-order valence-electron chi connectivity index (χ1n) is 6.83. The van der Waals surface area contributed by atoms with Crippen molar-refractivity contribution in [2.75, 3.05) is 19.6 Å². The summed E-state index contributed by atoms with van der Waals surface area (Å²) < 4.78 is 0. The number of hydrogen-bond donors (Lipinski definition) is 1. The van der Waals surface area contributed by atoms with Gasteiger partial charge in [0.15, 0.2) is 0 Å². The summed E-state index contributed by atoms with van der Waals surface area (Å²) in [5, 5.41) is 3.34. The van der Waals surface area contributed by atoms with Crippen LogP contribution in [0.25, 0.3) is 0 Å². The van der Waals surface area contributed by atoms with Gasteiger partial charge in [-0.1, -0.05) is 26.2 Å². The fraction of sp³-hybridized carbons (Fsp3) is 0.923. The number of nitrogens with zero attached hydrogens (tertiary/aromatic N) is 1. The molecule has 3 heteroatoms. The van der Waals surface area contributed by atoms with Crippen LogP contribution in [0.15, 0.2) is 0 Å². The Morgan fingerprint density at radius 1 is 1.38 bits per heavy atom. The monoisotopic (exact) mass is 224 g/mol. The maximum Gasteiger partial charge on any atom is 0.239 e. The van der Waals surface area contributed by atoms with Gasteiger partial charge in [-0.05, 0) is 31.7 Å². The van der Waals surface area contributed by atoms with Crippen molar-refractivity contribution in [1.29, 1.82) is 0 Å². The predicted molar refractivity (Wildman–Crippen MR) is 65.2 cm³/mol. The lowest BCUT2D eigenvalue weighted by molar-refractivity contribution is -0.129. The molecule has 1 N–H and O–H groups in total. The summed E-state index contributed by atoms with van der Waals surface area (Å²) >= 11 is 0. The fourth-order valence-electron chi connectivity index (χ4n) is 2.59. The van der Waals surface area contributed by atoms with Crippen LogP contribution in [0.1, 0.15) is 45.4 Å². The Kier molecular flexibility index (Phi) is 4.22. The molecule has 0 aromatic heterocycles. The summed E-state index contributed by atoms with van der Waals surface area (Å²) in [7, 11) is 0. The van der Waals surface area contributed by atoms with Gasteiger partial charge in [0, 0.05) is 13.1 Å². The Hall–Kier alpha value is -0.570. The van der Waals surface area contributed by atoms with Gasteiger partial charge in [0.25, 0.3) is 0 Å². The lowest BCUT2D eigenvalue weighted by Crippen LogP contribution is -2.39. The molecule has 1 saturated carbocycles. The van der Waals surface area contributed by atoms with Crippen molar-refractivity contribution in [1.82, 2.24) is 10.2 Å². The van der Waals surface area contributed by atoms with Crippen LogP contribution in [-0.2, 0) is 4.79 Å². The fourth-order valence-corrected chi connectivity index (χ4v) is 2.59. The van der Waals surface area contributed by atoms with Crippen LogP contribution in [0.4, 0.5) is 0 Å². The molecule has 1 aliphatic heterocycles. The van der Waals surface area contributed by atoms with Crippen molar-refractivity contribution >= 4 is 5.91 Å². The molecule has 0 radical (unpaired) electrons. The molecule has 2 aliphatic rings. The summed E-state index contributed by atoms with van der Waals surface area (Å²) in [5.41, 5.74) is 0. The zero-order valence-electron chi connectivity index (χ0n) is 10.4. The maximum absolute atomic E-state index is 12.0. The zero-order valence-corrected chi connectivity index (χ0v) is 10.4. The topological polar surface area (TPSA) is 32.3 Å². The quantitative estimate of drug-likeness (QED) is 0.746. The Morgan fingerprint density at radius 2 is 2.19 bits per heavy atom. The van der Waals surface area contributed by atoms with Crippen LogP contribution in [0.2, 0.25) is 0 Å². The smallest absolute Gasteiger partial charge is 0.239 e. The lowest BCUT2D eigenvalue weighted by Gasteiger charge is -2.27. The SMILES string of the molecule is CCCNC1CCN(CCC2CCC2)C1=O. The average molecular weight is 224 g/mol. The molecule has 1 saturated heterocycles. The van der Waals surface area contributed by atoms with E-state index in [1.54, 1.807) is 0 Å². The van der Waals surface area contributed by atoms with Gasteiger partial charge in [-0.2, -0.15) is 0 Å². The standard InChI is InChI=1S/C13H24N2O/c1-2-8-14-12-7-10-15(13(12)16)9-6-11-4-3-5-11/h11-12,14H,2-10H2,1H3. The molecule has 1 aliphatic carbocycles. The summed E-state index contributed by atoms with van der Waals surface area (Å²) in [4.78, 5) is 14.1. The highest BCUT2D eigenvalue weighted by Crippen LogP contribution is 2.29. The Labute approximate surface area is 98.6 Å². The van der Waals surface area contributed by atoms with E-state index in [0.29, 0.717) is 5.91 Å². The van der Waals surface area contributed by atoms with Crippen molar-refractivity contribution < 1.29 is 4.79 Å². The average Bonchev–Trinajstić information content (AvgIpc) is 2.55. The van der Waals surface area contributed by atoms with E-state index in [0.717, 1.165) is 38.4 Å². The number of carbonyl (C=O) groups is 1. The van der Waals surface area contributed by atoms with Crippen molar-refractivity contribution in [3.63, 3.8) is 0 Å². The number of rotatable bonds is 6. The van der Waals surface area contributed by atoms with Crippen molar-refractivity contribution in [2.45, 2.75) is 51.5 Å². The molecule has 1 unspecified atom stereocenters. The second-order valence-corrected chi connectivity index (χ2v) is 5.21. The summed E-state index contributed by atoms with van der Waals surface area (Å²) in [6.45, 7) is 5.06. The van der Waals surface area contributed by atoms with E-state index in [-0.39, 0.29) is 6.04 Å². The van der Waals surface area contributed by atoms with E-state index in [2.05, 4.69) is 17.1 Å². The highest BCUT2D eigenvalue weighted by Gasteiger charge is 2.31. The number of nitrogens with one attached hydrogen (secondary N) is 1. The third kappa shape index (κ3) is 2.76. The number of likely N-dealkylation sites (tertiary alicyclic amines) is 1. The largest absolute Gasteiger partial charge is 0.341 e. The van der Waals surface area contributed by atoms with Gasteiger partial charge in [-0.15, -0.1) is 0 Å². The van der Waals surface area contributed by atoms with Crippen LogP contribution in [0.3, 0.4) is 0 Å². The minimum Gasteiger partial charge on any atom is -0.341 e. The minimum absolute atomic E-state index is 0.112. The normalized spacial score (nSPS) is 26.2. The zero-order chi connectivity index (χ0) is 11.4. The van der Waals surface area contributed by atoms with Crippen LogP contribution < -0.4 is 5.32 Å². The molecular weight excluding hydrogens is 200 g/mol. The second-order valence-electron chi connectivity index (χ2n) is 5.21. The predicted octanol–water partition coefficient (Wildman–Crippen LogP) is 1.78. The Balaban J connectivity index is 1.68. The molecule has 0 bridgehead atoms. The molecule has 92 valence electrons. The molecule has 0 spiro atoms. The maximum atomic E-state index is 12.0. The van der Waals surface area contributed by atoms with Gasteiger partial charge in [0.1, 0.15) is 0 Å². The highest BCUT2D eigenvalue weighted by atomic mass is 16.2. The molecule has 1 atom stereocenters. The third-order valence-corrected chi connectivity index (χ3v) is 3.97. The third-order valence-electron chi connectivity index (χ3n) is 3.97. The molecule has 2 fully saturated rings. The number of carbonyl (C=O) groups excluding carboxylic acids is 1. The summed E-state index contributed by atoms with van der Waals surface area (Å²) in [6.07, 6.45) is 7.51. The molecule has 1 heterocycles. The van der Waals surface area contributed by atoms with Gasteiger partial charge in [-0.3, -0.25) is 4.79 Å². The molecule has 3 nitrogen and oxygen atoms in total. The molecule has 2 rings (SSSR count). The lowest BCUT2D eigenvalue weighted by atomic mass is 9.83. The van der Waals surface area contributed by atoms with E-state index < -0.39 is 0 Å². The van der Waals surface area contributed by atoms with Crippen LogP contribution in [0.5, 0.6) is 0 Å². The van der Waals surface area contributed by atoms with Gasteiger partial charge >= 0.3 is 0 Å².